The summed E-state index contributed by atoms with van der Waals surface area (Å²) in [6.07, 6.45) is 0.780. The highest BCUT2D eigenvalue weighted by Crippen LogP contribution is 2.36. The maximum atomic E-state index is 13.4. The van der Waals surface area contributed by atoms with Gasteiger partial charge in [0.2, 0.25) is 5.88 Å². The molecule has 1 aliphatic rings. The number of nitrogens with two attached hydrogens (primary N) is 1. The number of aromatic hydroxyl groups is 1. The van der Waals surface area contributed by atoms with Crippen LogP contribution in [0.1, 0.15) is 22.7 Å². The molecular formula is C21H21FN3O4S+. The molecule has 0 unspecified atom stereocenters. The third kappa shape index (κ3) is 3.35. The number of benzene rings is 2. The van der Waals surface area contributed by atoms with Crippen molar-refractivity contribution in [3.05, 3.63) is 74.0 Å². The number of fused-ring (bicyclic) bond motifs is 1. The number of methoxy groups -OCH3 is 2. The van der Waals surface area contributed by atoms with E-state index < -0.39 is 17.4 Å². The lowest BCUT2D eigenvalue weighted by Gasteiger charge is -2.26. The van der Waals surface area contributed by atoms with Gasteiger partial charge in [0.25, 0.3) is 5.56 Å². The van der Waals surface area contributed by atoms with Crippen molar-refractivity contribution in [1.29, 1.82) is 0 Å². The maximum Gasteiger partial charge on any atom is 0.265 e. The van der Waals surface area contributed by atoms with Crippen LogP contribution in [0.15, 0.2) is 41.2 Å². The van der Waals surface area contributed by atoms with E-state index in [1.807, 2.05) is 17.4 Å². The van der Waals surface area contributed by atoms with E-state index >= 15 is 0 Å². The molecule has 4 rings (SSSR count). The molecule has 3 aromatic rings. The average molecular weight is 430 g/mol. The minimum atomic E-state index is -0.473. The highest BCUT2D eigenvalue weighted by molar-refractivity contribution is 7.71. The Hall–Kier alpha value is -3.17. The Balaban J connectivity index is 1.93. The summed E-state index contributed by atoms with van der Waals surface area (Å²) in [6.45, 7) is 0.720. The summed E-state index contributed by atoms with van der Waals surface area (Å²) < 4.78 is 25.5. The highest BCUT2D eigenvalue weighted by atomic mass is 32.1. The Morgan fingerprint density at radius 1 is 1.20 bits per heavy atom. The van der Waals surface area contributed by atoms with E-state index in [2.05, 4.69) is 4.98 Å². The number of hydrogen-bond donors (Lipinski definition) is 3. The zero-order valence-corrected chi connectivity index (χ0v) is 17.3. The average Bonchev–Trinajstić information content (AvgIpc) is 2.73. The van der Waals surface area contributed by atoms with E-state index in [0.717, 1.165) is 24.1 Å². The standard InChI is InChI=1S/C21H20FN3O4S/c1-28-15-9-11-7-8-23-18(14(11)10-16(15)29-2)17-19(26)24-21(30)25(20(17)27)13-5-3-12(22)4-6-13/h3-6,9-10,18,23,27H,7-8H2,1-2H3,(H,24,26,30)/p+1/t18-/m1/s1. The van der Waals surface area contributed by atoms with Gasteiger partial charge in [0.05, 0.1) is 26.5 Å². The van der Waals surface area contributed by atoms with Crippen LogP contribution in [0.4, 0.5) is 4.39 Å². The summed E-state index contributed by atoms with van der Waals surface area (Å²) in [5, 5.41) is 13.1. The van der Waals surface area contributed by atoms with Crippen molar-refractivity contribution in [3.63, 3.8) is 0 Å². The summed E-state index contributed by atoms with van der Waals surface area (Å²) in [5.41, 5.74) is 2.00. The molecule has 2 heterocycles. The number of quaternary nitrogens is 1. The van der Waals surface area contributed by atoms with Crippen molar-refractivity contribution in [2.75, 3.05) is 20.8 Å². The molecule has 0 fully saturated rings. The van der Waals surface area contributed by atoms with E-state index in [0.29, 0.717) is 17.2 Å². The Bertz CT molecular complexity index is 1220. The van der Waals surface area contributed by atoms with Crippen molar-refractivity contribution >= 4 is 12.2 Å². The van der Waals surface area contributed by atoms with Crippen LogP contribution in [0.5, 0.6) is 17.4 Å². The SMILES string of the molecule is COc1cc2c(cc1OC)[C@H](c1c(O)n(-c3ccc(F)cc3)c(=S)[nH]c1=O)[NH2+]CC2. The molecule has 0 saturated heterocycles. The second kappa shape index (κ2) is 7.92. The van der Waals surface area contributed by atoms with Gasteiger partial charge in [-0.15, -0.1) is 0 Å². The van der Waals surface area contributed by atoms with Gasteiger partial charge in [-0.2, -0.15) is 0 Å². The minimum Gasteiger partial charge on any atom is -0.494 e. The van der Waals surface area contributed by atoms with E-state index in [-0.39, 0.29) is 16.2 Å². The summed E-state index contributed by atoms with van der Waals surface area (Å²) >= 11 is 5.26. The molecule has 156 valence electrons. The van der Waals surface area contributed by atoms with Gasteiger partial charge in [-0.25, -0.2) is 4.39 Å². The molecule has 0 bridgehead atoms. The molecule has 1 atom stereocenters. The lowest BCUT2D eigenvalue weighted by Crippen LogP contribution is -2.87. The van der Waals surface area contributed by atoms with E-state index in [1.54, 1.807) is 14.2 Å². The van der Waals surface area contributed by atoms with Gasteiger partial charge in [-0.1, -0.05) is 0 Å². The predicted molar refractivity (Wildman–Crippen MR) is 111 cm³/mol. The van der Waals surface area contributed by atoms with Gasteiger partial charge >= 0.3 is 0 Å². The molecule has 2 aromatic carbocycles. The van der Waals surface area contributed by atoms with Crippen LogP contribution >= 0.6 is 12.2 Å². The molecule has 0 saturated carbocycles. The largest absolute Gasteiger partial charge is 0.494 e. The third-order valence-electron chi connectivity index (χ3n) is 5.31. The fourth-order valence-electron chi connectivity index (χ4n) is 3.90. The zero-order chi connectivity index (χ0) is 21.4. The number of aromatic nitrogens is 2. The van der Waals surface area contributed by atoms with Gasteiger partial charge < -0.3 is 19.9 Å². The quantitative estimate of drug-likeness (QED) is 0.551. The van der Waals surface area contributed by atoms with E-state index in [1.165, 1.54) is 28.8 Å². The van der Waals surface area contributed by atoms with Crippen LogP contribution in [-0.2, 0) is 6.42 Å². The fraction of sp³-hybridized carbons (Fsp3) is 0.238. The van der Waals surface area contributed by atoms with Crippen LogP contribution in [-0.4, -0.2) is 35.4 Å². The number of nitrogens with one attached hydrogen (secondary N) is 1. The molecular weight excluding hydrogens is 409 g/mol. The van der Waals surface area contributed by atoms with Crippen molar-refractivity contribution in [2.45, 2.75) is 12.5 Å². The number of nitrogens with zero attached hydrogens (tertiary/aromatic N) is 1. The summed E-state index contributed by atoms with van der Waals surface area (Å²) in [7, 11) is 3.12. The van der Waals surface area contributed by atoms with Gasteiger partial charge in [0, 0.05) is 12.0 Å². The number of aromatic amines is 1. The smallest absolute Gasteiger partial charge is 0.265 e. The Kier molecular flexibility index (Phi) is 5.31. The second-order valence-electron chi connectivity index (χ2n) is 6.97. The molecule has 30 heavy (non-hydrogen) atoms. The summed E-state index contributed by atoms with van der Waals surface area (Å²) in [5.74, 6) is 0.459. The highest BCUT2D eigenvalue weighted by Gasteiger charge is 2.33. The molecule has 9 heteroatoms. The molecule has 1 aromatic heterocycles. The van der Waals surface area contributed by atoms with Crippen LogP contribution in [0.3, 0.4) is 0 Å². The van der Waals surface area contributed by atoms with Crippen molar-refractivity contribution in [2.24, 2.45) is 0 Å². The topological polar surface area (TPSA) is 93.1 Å². The lowest BCUT2D eigenvalue weighted by molar-refractivity contribution is -0.690. The van der Waals surface area contributed by atoms with Crippen molar-refractivity contribution in [3.8, 4) is 23.1 Å². The first kappa shape index (κ1) is 20.1. The first-order valence-corrected chi connectivity index (χ1v) is 9.77. The number of ether oxygens (including phenoxy) is 2. The molecule has 1 aliphatic heterocycles. The molecule has 0 aliphatic carbocycles. The number of halogens is 1. The van der Waals surface area contributed by atoms with Gasteiger partial charge in [-0.05, 0) is 54.2 Å². The molecule has 4 N–H and O–H groups in total. The predicted octanol–water partition coefficient (Wildman–Crippen LogP) is 1.97. The zero-order valence-electron chi connectivity index (χ0n) is 16.4. The Labute approximate surface area is 176 Å². The normalized spacial score (nSPS) is 15.5. The molecule has 0 amide bonds. The van der Waals surface area contributed by atoms with Crippen LogP contribution in [0.2, 0.25) is 0 Å². The van der Waals surface area contributed by atoms with Crippen LogP contribution in [0.25, 0.3) is 5.69 Å². The van der Waals surface area contributed by atoms with Gasteiger partial charge in [0.1, 0.15) is 17.4 Å². The number of hydrogen-bond acceptors (Lipinski definition) is 5. The Morgan fingerprint density at radius 3 is 2.53 bits per heavy atom. The third-order valence-corrected chi connectivity index (χ3v) is 5.60. The summed E-state index contributed by atoms with van der Waals surface area (Å²) in [4.78, 5) is 15.5. The van der Waals surface area contributed by atoms with Crippen molar-refractivity contribution in [1.82, 2.24) is 9.55 Å². The van der Waals surface area contributed by atoms with E-state index in [9.17, 15) is 14.3 Å². The van der Waals surface area contributed by atoms with Crippen LogP contribution in [0, 0.1) is 10.6 Å². The number of H-pyrrole nitrogens is 1. The molecule has 0 spiro atoms. The molecule has 0 radical (unpaired) electrons. The van der Waals surface area contributed by atoms with Gasteiger partial charge in [0.15, 0.2) is 16.3 Å². The Morgan fingerprint density at radius 2 is 1.87 bits per heavy atom. The van der Waals surface area contributed by atoms with E-state index in [4.69, 9.17) is 21.7 Å². The van der Waals surface area contributed by atoms with Crippen LogP contribution < -0.4 is 20.3 Å². The fourth-order valence-corrected chi connectivity index (χ4v) is 4.18. The molecule has 7 nitrogen and oxygen atoms in total. The first-order chi connectivity index (χ1) is 14.4. The van der Waals surface area contributed by atoms with Gasteiger partial charge in [-0.3, -0.25) is 14.3 Å². The first-order valence-electron chi connectivity index (χ1n) is 9.36. The summed E-state index contributed by atoms with van der Waals surface area (Å²) in [6, 6.07) is 8.76. The lowest BCUT2D eigenvalue weighted by atomic mass is 9.90. The second-order valence-corrected chi connectivity index (χ2v) is 7.35. The monoisotopic (exact) mass is 430 g/mol. The van der Waals surface area contributed by atoms with Crippen molar-refractivity contribution < 1.29 is 24.3 Å². The minimum absolute atomic E-state index is 0.0243. The maximum absolute atomic E-state index is 13.4. The number of rotatable bonds is 4.